The van der Waals surface area contributed by atoms with E-state index in [1.165, 1.54) is 27.8 Å². The molecule has 236 valence electrons. The van der Waals surface area contributed by atoms with Crippen molar-refractivity contribution in [3.63, 3.8) is 0 Å². The summed E-state index contributed by atoms with van der Waals surface area (Å²) >= 11 is 0. The SMILES string of the molecule is COC(C)COc1ccc(C(C)(c2ccc(OCC3CO3)cc2)c2ccc(C(C)(C)c3ccc(OCC4CO4)cc3)cc2)cc1. The molecule has 4 atom stereocenters. The highest BCUT2D eigenvalue weighted by molar-refractivity contribution is 5.52. The summed E-state index contributed by atoms with van der Waals surface area (Å²) in [6, 6.07) is 34.4. The molecule has 2 aliphatic rings. The molecule has 2 aliphatic heterocycles. The lowest BCUT2D eigenvalue weighted by Gasteiger charge is -2.33. The van der Waals surface area contributed by atoms with Gasteiger partial charge < -0.3 is 28.4 Å². The van der Waals surface area contributed by atoms with Crippen LogP contribution >= 0.6 is 0 Å². The molecule has 45 heavy (non-hydrogen) atoms. The largest absolute Gasteiger partial charge is 0.491 e. The Kier molecular flexibility index (Phi) is 9.18. The summed E-state index contributed by atoms with van der Waals surface area (Å²) in [7, 11) is 1.70. The number of ether oxygens (including phenoxy) is 6. The predicted molar refractivity (Wildman–Crippen MR) is 176 cm³/mol. The van der Waals surface area contributed by atoms with Crippen LogP contribution < -0.4 is 14.2 Å². The highest BCUT2D eigenvalue weighted by Crippen LogP contribution is 2.41. The van der Waals surface area contributed by atoms with Crippen molar-refractivity contribution < 1.29 is 28.4 Å². The number of methoxy groups -OCH3 is 1. The minimum atomic E-state index is -0.413. The third kappa shape index (κ3) is 7.36. The number of hydrogen-bond acceptors (Lipinski definition) is 6. The predicted octanol–water partition coefficient (Wildman–Crippen LogP) is 7.34. The van der Waals surface area contributed by atoms with Gasteiger partial charge in [-0.2, -0.15) is 0 Å². The minimum Gasteiger partial charge on any atom is -0.491 e. The maximum atomic E-state index is 5.97. The number of benzene rings is 4. The van der Waals surface area contributed by atoms with Crippen LogP contribution in [0, 0.1) is 0 Å². The monoisotopic (exact) mass is 608 g/mol. The molecule has 2 saturated heterocycles. The van der Waals surface area contributed by atoms with Crippen molar-refractivity contribution in [3.8, 4) is 17.2 Å². The molecule has 2 heterocycles. The zero-order valence-corrected chi connectivity index (χ0v) is 27.0. The van der Waals surface area contributed by atoms with Gasteiger partial charge >= 0.3 is 0 Å². The summed E-state index contributed by atoms with van der Waals surface area (Å²) in [5.41, 5.74) is 5.44. The van der Waals surface area contributed by atoms with Gasteiger partial charge in [0, 0.05) is 17.9 Å². The van der Waals surface area contributed by atoms with Gasteiger partial charge in [-0.1, -0.05) is 74.5 Å². The first-order valence-electron chi connectivity index (χ1n) is 15.8. The van der Waals surface area contributed by atoms with Crippen molar-refractivity contribution >= 4 is 0 Å². The van der Waals surface area contributed by atoms with Crippen LogP contribution in [0.3, 0.4) is 0 Å². The van der Waals surface area contributed by atoms with Gasteiger partial charge in [-0.15, -0.1) is 0 Å². The molecule has 0 bridgehead atoms. The Morgan fingerprint density at radius 2 is 0.911 bits per heavy atom. The summed E-state index contributed by atoms with van der Waals surface area (Å²) in [6.07, 6.45) is 0.493. The lowest BCUT2D eigenvalue weighted by molar-refractivity contribution is 0.0716. The van der Waals surface area contributed by atoms with Gasteiger partial charge in [0.25, 0.3) is 0 Å². The Morgan fingerprint density at radius 1 is 0.578 bits per heavy atom. The second-order valence-electron chi connectivity index (χ2n) is 12.8. The molecule has 2 fully saturated rings. The van der Waals surface area contributed by atoms with E-state index in [2.05, 4.69) is 106 Å². The molecule has 0 aromatic heterocycles. The molecule has 6 rings (SSSR count). The molecule has 0 N–H and O–H groups in total. The van der Waals surface area contributed by atoms with Crippen LogP contribution in [0.2, 0.25) is 0 Å². The van der Waals surface area contributed by atoms with E-state index in [0.29, 0.717) is 19.8 Å². The molecule has 6 nitrogen and oxygen atoms in total. The van der Waals surface area contributed by atoms with E-state index in [0.717, 1.165) is 30.5 Å². The summed E-state index contributed by atoms with van der Waals surface area (Å²) in [4.78, 5) is 0. The van der Waals surface area contributed by atoms with Crippen LogP contribution in [0.15, 0.2) is 97.1 Å². The van der Waals surface area contributed by atoms with Gasteiger partial charge in [-0.25, -0.2) is 0 Å². The summed E-state index contributed by atoms with van der Waals surface area (Å²) in [5.74, 6) is 2.55. The maximum absolute atomic E-state index is 5.97. The molecular formula is C39H44O6. The molecule has 0 saturated carbocycles. The minimum absolute atomic E-state index is 0.0265. The lowest BCUT2D eigenvalue weighted by atomic mass is 9.70. The smallest absolute Gasteiger partial charge is 0.119 e. The van der Waals surface area contributed by atoms with Crippen LogP contribution in [0.25, 0.3) is 0 Å². The van der Waals surface area contributed by atoms with E-state index in [1.54, 1.807) is 7.11 Å². The third-order valence-electron chi connectivity index (χ3n) is 9.19. The fourth-order valence-corrected chi connectivity index (χ4v) is 5.61. The molecule has 0 radical (unpaired) electrons. The molecule has 4 unspecified atom stereocenters. The average molecular weight is 609 g/mol. The van der Waals surface area contributed by atoms with E-state index >= 15 is 0 Å². The fraction of sp³-hybridized carbons (Fsp3) is 0.385. The standard InChI is InChI=1S/C39H44O6/c1-27(40-5)22-41-33-18-12-31(13-19-33)39(4,32-14-20-35(21-15-32)43-24-37-26-45-37)30-8-6-28(7-9-30)38(2,3)29-10-16-34(17-11-29)42-23-36-25-44-36/h6-21,27,36-37H,22-26H2,1-5H3. The highest BCUT2D eigenvalue weighted by Gasteiger charge is 2.33. The van der Waals surface area contributed by atoms with Gasteiger partial charge in [0.15, 0.2) is 0 Å². The summed E-state index contributed by atoms with van der Waals surface area (Å²) in [5, 5.41) is 0. The third-order valence-corrected chi connectivity index (χ3v) is 9.19. The lowest BCUT2D eigenvalue weighted by Crippen LogP contribution is -2.26. The molecule has 0 spiro atoms. The molecule has 6 heteroatoms. The van der Waals surface area contributed by atoms with E-state index in [-0.39, 0.29) is 23.7 Å². The van der Waals surface area contributed by atoms with Crippen molar-refractivity contribution in [2.24, 2.45) is 0 Å². The summed E-state index contributed by atoms with van der Waals surface area (Å²) < 4.78 is 33.7. The Labute approximate surface area is 267 Å². The Hall–Kier alpha value is -3.84. The molecule has 0 aliphatic carbocycles. The molecule has 0 amide bonds. The Bertz CT molecular complexity index is 1520. The quantitative estimate of drug-likeness (QED) is 0.104. The number of rotatable bonds is 15. The van der Waals surface area contributed by atoms with Crippen molar-refractivity contribution in [3.05, 3.63) is 125 Å². The maximum Gasteiger partial charge on any atom is 0.119 e. The first-order chi connectivity index (χ1) is 21.8. The van der Waals surface area contributed by atoms with Crippen molar-refractivity contribution in [1.29, 1.82) is 0 Å². The van der Waals surface area contributed by atoms with Crippen LogP contribution in [0.5, 0.6) is 17.2 Å². The topological polar surface area (TPSA) is 62.0 Å². The van der Waals surface area contributed by atoms with Crippen LogP contribution in [-0.4, -0.2) is 58.5 Å². The van der Waals surface area contributed by atoms with E-state index in [1.807, 2.05) is 19.1 Å². The van der Waals surface area contributed by atoms with Crippen molar-refractivity contribution in [1.82, 2.24) is 0 Å². The number of hydrogen-bond donors (Lipinski definition) is 0. The van der Waals surface area contributed by atoms with Crippen molar-refractivity contribution in [2.45, 2.75) is 56.8 Å². The second-order valence-corrected chi connectivity index (χ2v) is 12.8. The zero-order chi connectivity index (χ0) is 31.4. The Morgan fingerprint density at radius 3 is 1.29 bits per heavy atom. The highest BCUT2D eigenvalue weighted by atomic mass is 16.6. The van der Waals surface area contributed by atoms with E-state index in [9.17, 15) is 0 Å². The first kappa shape index (κ1) is 31.2. The van der Waals surface area contributed by atoms with Crippen LogP contribution in [0.1, 0.15) is 55.5 Å². The molecule has 4 aromatic rings. The van der Waals surface area contributed by atoms with Crippen molar-refractivity contribution in [2.75, 3.05) is 40.1 Å². The number of epoxide rings is 2. The Balaban J connectivity index is 1.26. The fourth-order valence-electron chi connectivity index (χ4n) is 5.61. The average Bonchev–Trinajstić information content (AvgIpc) is 4.02. The molecule has 4 aromatic carbocycles. The normalized spacial score (nSPS) is 19.3. The van der Waals surface area contributed by atoms with E-state index < -0.39 is 5.41 Å². The molecular weight excluding hydrogens is 564 g/mol. The van der Waals surface area contributed by atoms with Gasteiger partial charge in [-0.05, 0) is 78.1 Å². The van der Waals surface area contributed by atoms with Gasteiger partial charge in [0.05, 0.1) is 19.3 Å². The van der Waals surface area contributed by atoms with Gasteiger partial charge in [0.1, 0.15) is 49.3 Å². The zero-order valence-electron chi connectivity index (χ0n) is 27.0. The van der Waals surface area contributed by atoms with Gasteiger partial charge in [0.2, 0.25) is 0 Å². The first-order valence-corrected chi connectivity index (χ1v) is 15.8. The van der Waals surface area contributed by atoms with E-state index in [4.69, 9.17) is 28.4 Å². The van der Waals surface area contributed by atoms with Crippen LogP contribution in [-0.2, 0) is 25.0 Å². The van der Waals surface area contributed by atoms with Gasteiger partial charge in [-0.3, -0.25) is 0 Å². The summed E-state index contributed by atoms with van der Waals surface area (Å²) in [6.45, 7) is 12.1. The van der Waals surface area contributed by atoms with Crippen LogP contribution in [0.4, 0.5) is 0 Å². The second kappa shape index (κ2) is 13.3.